The number of aromatic carboxylic acids is 1. The first-order valence-electron chi connectivity index (χ1n) is 6.28. The predicted molar refractivity (Wildman–Crippen MR) is 70.8 cm³/mol. The molecule has 1 aliphatic heterocycles. The highest BCUT2D eigenvalue weighted by atomic mass is 16.4. The molecule has 20 heavy (non-hydrogen) atoms. The van der Waals surface area contributed by atoms with Gasteiger partial charge in [0.05, 0.1) is 5.56 Å². The Morgan fingerprint density at radius 1 is 1.25 bits per heavy atom. The molecule has 0 radical (unpaired) electrons. The van der Waals surface area contributed by atoms with Crippen molar-refractivity contribution in [3.05, 3.63) is 22.5 Å². The van der Waals surface area contributed by atoms with Crippen LogP contribution >= 0.6 is 0 Å². The van der Waals surface area contributed by atoms with Gasteiger partial charge in [-0.3, -0.25) is 9.59 Å². The third-order valence-electron chi connectivity index (χ3n) is 3.61. The summed E-state index contributed by atoms with van der Waals surface area (Å²) in [6.07, 6.45) is 0. The average Bonchev–Trinajstić information content (AvgIpc) is 2.67. The van der Waals surface area contributed by atoms with E-state index in [1.165, 1.54) is 4.90 Å². The van der Waals surface area contributed by atoms with Crippen LogP contribution in [-0.2, 0) is 4.79 Å². The quantitative estimate of drug-likeness (QED) is 0.811. The van der Waals surface area contributed by atoms with Crippen molar-refractivity contribution in [2.45, 2.75) is 13.8 Å². The minimum Gasteiger partial charge on any atom is -0.477 e. The fourth-order valence-electron chi connectivity index (χ4n) is 2.37. The molecule has 2 amide bonds. The highest BCUT2D eigenvalue weighted by Gasteiger charge is 2.29. The van der Waals surface area contributed by atoms with Gasteiger partial charge in [-0.1, -0.05) is 0 Å². The van der Waals surface area contributed by atoms with Gasteiger partial charge in [0, 0.05) is 25.8 Å². The smallest absolute Gasteiger partial charge is 0.352 e. The van der Waals surface area contributed by atoms with E-state index in [1.54, 1.807) is 25.8 Å². The third kappa shape index (κ3) is 2.26. The van der Waals surface area contributed by atoms with Crippen LogP contribution in [0.1, 0.15) is 32.1 Å². The standard InChI is InChI=1S/C13H17N3O4/c1-7-10(8(2)14-11(7)13(19)20)12(18)16-5-4-15(3)9(17)6-16/h14H,4-6H2,1-3H3,(H,19,20). The molecule has 0 bridgehead atoms. The van der Waals surface area contributed by atoms with E-state index in [2.05, 4.69) is 4.98 Å². The molecule has 0 aliphatic carbocycles. The maximum absolute atomic E-state index is 12.5. The fraction of sp³-hybridized carbons (Fsp3) is 0.462. The zero-order valence-corrected chi connectivity index (χ0v) is 11.7. The number of piperazine rings is 1. The number of carboxylic acid groups (broad SMARTS) is 1. The number of hydrogen-bond donors (Lipinski definition) is 2. The topological polar surface area (TPSA) is 93.7 Å². The van der Waals surface area contributed by atoms with Crippen molar-refractivity contribution in [1.29, 1.82) is 0 Å². The number of likely N-dealkylation sites (N-methyl/N-ethyl adjacent to an activating group) is 1. The molecule has 2 rings (SSSR count). The Morgan fingerprint density at radius 2 is 1.90 bits per heavy atom. The van der Waals surface area contributed by atoms with Crippen molar-refractivity contribution >= 4 is 17.8 Å². The Morgan fingerprint density at radius 3 is 2.40 bits per heavy atom. The molecule has 108 valence electrons. The lowest BCUT2D eigenvalue weighted by Crippen LogP contribution is -2.50. The summed E-state index contributed by atoms with van der Waals surface area (Å²) < 4.78 is 0. The first kappa shape index (κ1) is 14.1. The second kappa shape index (κ2) is 4.99. The maximum atomic E-state index is 12.5. The number of nitrogens with zero attached hydrogens (tertiary/aromatic N) is 2. The van der Waals surface area contributed by atoms with Gasteiger partial charge < -0.3 is 19.9 Å². The van der Waals surface area contributed by atoms with E-state index in [0.29, 0.717) is 29.9 Å². The summed E-state index contributed by atoms with van der Waals surface area (Å²) in [5.41, 5.74) is 1.29. The molecule has 0 aromatic carbocycles. The van der Waals surface area contributed by atoms with Crippen LogP contribution in [0, 0.1) is 13.8 Å². The van der Waals surface area contributed by atoms with Crippen molar-refractivity contribution < 1.29 is 19.5 Å². The van der Waals surface area contributed by atoms with Crippen LogP contribution in [-0.4, -0.2) is 64.4 Å². The van der Waals surface area contributed by atoms with Crippen molar-refractivity contribution in [2.75, 3.05) is 26.7 Å². The average molecular weight is 279 g/mol. The van der Waals surface area contributed by atoms with E-state index in [9.17, 15) is 14.4 Å². The number of amides is 2. The van der Waals surface area contributed by atoms with E-state index in [4.69, 9.17) is 5.11 Å². The Bertz CT molecular complexity index is 591. The first-order valence-corrected chi connectivity index (χ1v) is 6.28. The van der Waals surface area contributed by atoms with Crippen LogP contribution < -0.4 is 0 Å². The largest absolute Gasteiger partial charge is 0.477 e. The zero-order chi connectivity index (χ0) is 15.0. The Hall–Kier alpha value is -2.31. The van der Waals surface area contributed by atoms with E-state index < -0.39 is 5.97 Å². The molecule has 2 heterocycles. The van der Waals surface area contributed by atoms with Crippen LogP contribution in [0.5, 0.6) is 0 Å². The van der Waals surface area contributed by atoms with Crippen LogP contribution in [0.2, 0.25) is 0 Å². The molecule has 0 unspecified atom stereocenters. The van der Waals surface area contributed by atoms with Crippen molar-refractivity contribution in [2.24, 2.45) is 0 Å². The summed E-state index contributed by atoms with van der Waals surface area (Å²) in [7, 11) is 1.69. The highest BCUT2D eigenvalue weighted by Crippen LogP contribution is 2.20. The van der Waals surface area contributed by atoms with Crippen LogP contribution in [0.3, 0.4) is 0 Å². The third-order valence-corrected chi connectivity index (χ3v) is 3.61. The summed E-state index contributed by atoms with van der Waals surface area (Å²) in [5.74, 6) is -1.52. The predicted octanol–water partition coefficient (Wildman–Crippen LogP) is 0.244. The molecule has 1 aromatic rings. The van der Waals surface area contributed by atoms with Crippen LogP contribution in [0.25, 0.3) is 0 Å². The van der Waals surface area contributed by atoms with Gasteiger partial charge in [0.1, 0.15) is 12.2 Å². The molecule has 0 atom stereocenters. The lowest BCUT2D eigenvalue weighted by molar-refractivity contribution is -0.133. The monoisotopic (exact) mass is 279 g/mol. The zero-order valence-electron chi connectivity index (χ0n) is 11.7. The number of carbonyl (C=O) groups is 3. The molecule has 1 fully saturated rings. The van der Waals surface area contributed by atoms with E-state index in [1.807, 2.05) is 0 Å². The molecular weight excluding hydrogens is 262 g/mol. The van der Waals surface area contributed by atoms with Crippen molar-refractivity contribution in [3.8, 4) is 0 Å². The Kier molecular flexibility index (Phi) is 3.52. The minimum absolute atomic E-state index is 0.0197. The van der Waals surface area contributed by atoms with Gasteiger partial charge in [-0.2, -0.15) is 0 Å². The lowest BCUT2D eigenvalue weighted by atomic mass is 10.1. The van der Waals surface area contributed by atoms with Crippen LogP contribution in [0.4, 0.5) is 0 Å². The molecular formula is C13H17N3O4. The van der Waals surface area contributed by atoms with Gasteiger partial charge in [0.2, 0.25) is 5.91 Å². The number of H-pyrrole nitrogens is 1. The van der Waals surface area contributed by atoms with Gasteiger partial charge in [-0.25, -0.2) is 4.79 Å². The molecule has 7 heteroatoms. The number of rotatable bonds is 2. The summed E-state index contributed by atoms with van der Waals surface area (Å²) in [6, 6.07) is 0. The van der Waals surface area contributed by atoms with Gasteiger partial charge in [-0.05, 0) is 19.4 Å². The second-order valence-corrected chi connectivity index (χ2v) is 4.97. The summed E-state index contributed by atoms with van der Waals surface area (Å²) in [4.78, 5) is 40.9. The fourth-order valence-corrected chi connectivity index (χ4v) is 2.37. The summed E-state index contributed by atoms with van der Waals surface area (Å²) in [6.45, 7) is 4.22. The van der Waals surface area contributed by atoms with Gasteiger partial charge in [0.25, 0.3) is 5.91 Å². The van der Waals surface area contributed by atoms with E-state index in [0.717, 1.165) is 0 Å². The molecule has 0 spiro atoms. The SMILES string of the molecule is Cc1[nH]c(C(=O)O)c(C)c1C(=O)N1CCN(C)C(=O)C1. The summed E-state index contributed by atoms with van der Waals surface area (Å²) >= 11 is 0. The number of carbonyl (C=O) groups excluding carboxylic acids is 2. The highest BCUT2D eigenvalue weighted by molar-refractivity contribution is 6.02. The molecule has 1 saturated heterocycles. The van der Waals surface area contributed by atoms with E-state index in [-0.39, 0.29) is 24.1 Å². The molecule has 1 aliphatic rings. The van der Waals surface area contributed by atoms with Gasteiger partial charge in [0.15, 0.2) is 0 Å². The minimum atomic E-state index is -1.10. The first-order chi connectivity index (χ1) is 9.32. The molecule has 0 saturated carbocycles. The molecule has 1 aromatic heterocycles. The molecule has 2 N–H and O–H groups in total. The number of aromatic nitrogens is 1. The number of carboxylic acids is 1. The van der Waals surface area contributed by atoms with Gasteiger partial charge in [-0.15, -0.1) is 0 Å². The number of nitrogens with one attached hydrogen (secondary N) is 1. The number of aryl methyl sites for hydroxylation is 1. The van der Waals surface area contributed by atoms with Crippen molar-refractivity contribution in [3.63, 3.8) is 0 Å². The second-order valence-electron chi connectivity index (χ2n) is 4.97. The number of hydrogen-bond acceptors (Lipinski definition) is 3. The summed E-state index contributed by atoms with van der Waals surface area (Å²) in [5, 5.41) is 9.06. The number of aromatic amines is 1. The van der Waals surface area contributed by atoms with Crippen molar-refractivity contribution in [1.82, 2.24) is 14.8 Å². The maximum Gasteiger partial charge on any atom is 0.352 e. The molecule has 7 nitrogen and oxygen atoms in total. The Balaban J connectivity index is 2.30. The normalized spacial score (nSPS) is 15.7. The lowest BCUT2D eigenvalue weighted by Gasteiger charge is -2.32. The van der Waals surface area contributed by atoms with Gasteiger partial charge >= 0.3 is 5.97 Å². The van der Waals surface area contributed by atoms with Crippen LogP contribution in [0.15, 0.2) is 0 Å². The Labute approximate surface area is 116 Å². The van der Waals surface area contributed by atoms with E-state index >= 15 is 0 Å².